The summed E-state index contributed by atoms with van der Waals surface area (Å²) in [6.07, 6.45) is 0. The van der Waals surface area contributed by atoms with Crippen molar-refractivity contribution < 1.29 is 9.53 Å². The van der Waals surface area contributed by atoms with Crippen molar-refractivity contribution in [3.05, 3.63) is 98.9 Å². The number of carbonyl (C=O) groups is 1. The van der Waals surface area contributed by atoms with E-state index in [1.54, 1.807) is 7.11 Å². The second-order valence-corrected chi connectivity index (χ2v) is 12.2. The highest BCUT2D eigenvalue weighted by atomic mass is 35.5. The van der Waals surface area contributed by atoms with Crippen LogP contribution in [-0.4, -0.2) is 63.8 Å². The van der Waals surface area contributed by atoms with Crippen molar-refractivity contribution >= 4 is 57.9 Å². The van der Waals surface area contributed by atoms with Crippen LogP contribution in [0.25, 0.3) is 17.1 Å². The average molecular weight is 638 g/mol. The van der Waals surface area contributed by atoms with Crippen LogP contribution >= 0.6 is 46.3 Å². The molecule has 3 aromatic carbocycles. The van der Waals surface area contributed by atoms with E-state index in [1.807, 2.05) is 87.6 Å². The predicted molar refractivity (Wildman–Crippen MR) is 170 cm³/mol. The Morgan fingerprint density at radius 3 is 2.55 bits per heavy atom. The van der Waals surface area contributed by atoms with Crippen molar-refractivity contribution in [1.29, 1.82) is 0 Å². The van der Waals surface area contributed by atoms with Gasteiger partial charge >= 0.3 is 0 Å². The van der Waals surface area contributed by atoms with E-state index in [4.69, 9.17) is 27.9 Å². The fourth-order valence-corrected chi connectivity index (χ4v) is 6.98. The summed E-state index contributed by atoms with van der Waals surface area (Å²) in [4.78, 5) is 22.1. The summed E-state index contributed by atoms with van der Waals surface area (Å²) in [6.45, 7) is 2.69. The number of ether oxygens (including phenoxy) is 1. The molecule has 12 heteroatoms. The molecule has 1 aliphatic rings. The lowest BCUT2D eigenvalue weighted by Crippen LogP contribution is -2.49. The van der Waals surface area contributed by atoms with E-state index >= 15 is 0 Å². The summed E-state index contributed by atoms with van der Waals surface area (Å²) < 4.78 is 7.46. The summed E-state index contributed by atoms with van der Waals surface area (Å²) in [7, 11) is 1.68. The molecular weight excluding hydrogens is 611 g/mol. The van der Waals surface area contributed by atoms with Gasteiger partial charge in [-0.1, -0.05) is 65.3 Å². The zero-order valence-electron chi connectivity index (χ0n) is 22.6. The van der Waals surface area contributed by atoms with Crippen molar-refractivity contribution in [3.8, 4) is 22.8 Å². The molecule has 0 bridgehead atoms. The largest absolute Gasteiger partial charge is 0.495 e. The summed E-state index contributed by atoms with van der Waals surface area (Å²) in [5, 5.41) is 13.5. The van der Waals surface area contributed by atoms with Gasteiger partial charge in [-0.15, -0.1) is 21.5 Å². The van der Waals surface area contributed by atoms with Gasteiger partial charge in [0.25, 0.3) is 5.91 Å². The number of thioether (sulfide) groups is 1. The second kappa shape index (κ2) is 12.7. The minimum Gasteiger partial charge on any atom is -0.495 e. The van der Waals surface area contributed by atoms with Crippen LogP contribution in [0, 0.1) is 0 Å². The summed E-state index contributed by atoms with van der Waals surface area (Å²) in [5.74, 6) is 1.93. The van der Waals surface area contributed by atoms with Crippen molar-refractivity contribution in [2.45, 2.75) is 10.9 Å². The minimum absolute atomic E-state index is 0.0507. The molecule has 2 aromatic heterocycles. The van der Waals surface area contributed by atoms with Crippen LogP contribution in [0.5, 0.6) is 5.75 Å². The molecule has 1 saturated heterocycles. The molecule has 214 valence electrons. The minimum atomic E-state index is -0.0507. The Labute approximate surface area is 261 Å². The van der Waals surface area contributed by atoms with Crippen LogP contribution in [0.2, 0.25) is 10.0 Å². The van der Waals surface area contributed by atoms with Gasteiger partial charge in [0, 0.05) is 42.1 Å². The van der Waals surface area contributed by atoms with E-state index in [1.165, 1.54) is 23.1 Å². The predicted octanol–water partition coefficient (Wildman–Crippen LogP) is 6.96. The number of aromatic nitrogens is 4. The molecule has 1 fully saturated rings. The molecule has 8 nitrogen and oxygen atoms in total. The van der Waals surface area contributed by atoms with Gasteiger partial charge in [-0.05, 0) is 42.5 Å². The zero-order valence-corrected chi connectivity index (χ0v) is 25.8. The van der Waals surface area contributed by atoms with Gasteiger partial charge in [0.2, 0.25) is 0 Å². The van der Waals surface area contributed by atoms with Crippen LogP contribution in [0.3, 0.4) is 0 Å². The summed E-state index contributed by atoms with van der Waals surface area (Å²) in [6, 6.07) is 23.0. The molecule has 0 atom stereocenters. The number of thiazole rings is 1. The van der Waals surface area contributed by atoms with E-state index < -0.39 is 0 Å². The number of piperazine rings is 1. The lowest BCUT2D eigenvalue weighted by Gasteiger charge is -2.36. The van der Waals surface area contributed by atoms with Crippen LogP contribution in [0.15, 0.2) is 83.3 Å². The Morgan fingerprint density at radius 2 is 1.76 bits per heavy atom. The van der Waals surface area contributed by atoms with Gasteiger partial charge < -0.3 is 14.5 Å². The first-order valence-electron chi connectivity index (χ1n) is 13.2. The molecule has 1 aliphatic heterocycles. The molecule has 0 radical (unpaired) electrons. The number of nitrogens with zero attached hydrogens (tertiary/aromatic N) is 6. The lowest BCUT2D eigenvalue weighted by atomic mass is 10.2. The molecule has 5 aromatic rings. The number of hydrogen-bond donors (Lipinski definition) is 0. The van der Waals surface area contributed by atoms with Gasteiger partial charge in [0.15, 0.2) is 11.0 Å². The van der Waals surface area contributed by atoms with E-state index in [-0.39, 0.29) is 5.91 Å². The second-order valence-electron chi connectivity index (χ2n) is 9.47. The molecule has 0 spiro atoms. The standard InChI is InChI=1S/C30H26Cl2N6O2S2/c1-40-26-12-5-4-11-25(26)36-13-15-37(16-14-36)29(39)24-18-41-27(33-24)19-42-30-35-34-28(22-9-2-3-10-23(22)32)38(30)21-8-6-7-20(31)17-21/h2-12,17-18H,13-16,19H2,1H3. The third-order valence-electron chi connectivity index (χ3n) is 6.90. The zero-order chi connectivity index (χ0) is 29.1. The van der Waals surface area contributed by atoms with Crippen molar-refractivity contribution in [1.82, 2.24) is 24.6 Å². The highest BCUT2D eigenvalue weighted by Crippen LogP contribution is 2.34. The number of halogens is 2. The number of para-hydroxylation sites is 2. The number of rotatable bonds is 8. The first-order valence-corrected chi connectivity index (χ1v) is 15.8. The van der Waals surface area contributed by atoms with E-state index in [9.17, 15) is 4.79 Å². The van der Waals surface area contributed by atoms with E-state index in [2.05, 4.69) is 20.1 Å². The summed E-state index contributed by atoms with van der Waals surface area (Å²) in [5.41, 5.74) is 3.11. The number of carbonyl (C=O) groups excluding carboxylic acids is 1. The molecule has 1 amide bonds. The monoisotopic (exact) mass is 636 g/mol. The van der Waals surface area contributed by atoms with Crippen LogP contribution in [-0.2, 0) is 5.75 Å². The Hall–Kier alpha value is -3.57. The third-order valence-corrected chi connectivity index (χ3v) is 9.44. The Balaban J connectivity index is 1.15. The smallest absolute Gasteiger partial charge is 0.273 e. The number of anilines is 1. The molecule has 0 unspecified atom stereocenters. The Bertz CT molecular complexity index is 1720. The maximum Gasteiger partial charge on any atom is 0.273 e. The van der Waals surface area contributed by atoms with Crippen molar-refractivity contribution in [2.75, 3.05) is 38.2 Å². The van der Waals surface area contributed by atoms with Crippen molar-refractivity contribution in [3.63, 3.8) is 0 Å². The number of benzene rings is 3. The van der Waals surface area contributed by atoms with Crippen LogP contribution < -0.4 is 9.64 Å². The Kier molecular flexibility index (Phi) is 8.66. The van der Waals surface area contributed by atoms with Gasteiger partial charge in [-0.3, -0.25) is 9.36 Å². The molecule has 0 aliphatic carbocycles. The Morgan fingerprint density at radius 1 is 0.976 bits per heavy atom. The fraction of sp³-hybridized carbons (Fsp3) is 0.200. The fourth-order valence-electron chi connectivity index (χ4n) is 4.83. The maximum absolute atomic E-state index is 13.3. The SMILES string of the molecule is COc1ccccc1N1CCN(C(=O)c2csc(CSc3nnc(-c4ccccc4Cl)n3-c3cccc(Cl)c3)n2)CC1. The lowest BCUT2D eigenvalue weighted by molar-refractivity contribution is 0.0741. The highest BCUT2D eigenvalue weighted by Gasteiger charge is 2.25. The van der Waals surface area contributed by atoms with Crippen LogP contribution in [0.4, 0.5) is 5.69 Å². The van der Waals surface area contributed by atoms with Gasteiger partial charge in [-0.2, -0.15) is 0 Å². The number of hydrogen-bond acceptors (Lipinski definition) is 8. The van der Waals surface area contributed by atoms with Gasteiger partial charge in [0.05, 0.1) is 29.3 Å². The molecule has 0 saturated carbocycles. The number of amides is 1. The first-order chi connectivity index (χ1) is 20.5. The van der Waals surface area contributed by atoms with E-state index in [0.29, 0.717) is 45.6 Å². The number of methoxy groups -OCH3 is 1. The van der Waals surface area contributed by atoms with Gasteiger partial charge in [-0.25, -0.2) is 4.98 Å². The average Bonchev–Trinajstić information content (AvgIpc) is 3.67. The molecule has 0 N–H and O–H groups in total. The molecule has 3 heterocycles. The van der Waals surface area contributed by atoms with Crippen molar-refractivity contribution in [2.24, 2.45) is 0 Å². The normalized spacial score (nSPS) is 13.4. The molecule has 6 rings (SSSR count). The quantitative estimate of drug-likeness (QED) is 0.170. The first kappa shape index (κ1) is 28.5. The van der Waals surface area contributed by atoms with Gasteiger partial charge in [0.1, 0.15) is 16.5 Å². The van der Waals surface area contributed by atoms with E-state index in [0.717, 1.165) is 40.8 Å². The van der Waals surface area contributed by atoms with Crippen LogP contribution in [0.1, 0.15) is 15.5 Å². The molecule has 42 heavy (non-hydrogen) atoms. The summed E-state index contributed by atoms with van der Waals surface area (Å²) >= 11 is 15.8. The topological polar surface area (TPSA) is 76.4 Å². The third kappa shape index (κ3) is 5.98. The highest BCUT2D eigenvalue weighted by molar-refractivity contribution is 7.98. The maximum atomic E-state index is 13.3. The molecular formula is C30H26Cl2N6O2S2.